The lowest BCUT2D eigenvalue weighted by Gasteiger charge is -2.18. The van der Waals surface area contributed by atoms with Crippen molar-refractivity contribution in [3.8, 4) is 0 Å². The Morgan fingerprint density at radius 2 is 2.06 bits per heavy atom. The molecule has 0 aromatic heterocycles. The second-order valence-electron chi connectivity index (χ2n) is 4.67. The van der Waals surface area contributed by atoms with Crippen LogP contribution in [-0.4, -0.2) is 17.1 Å². The average Bonchev–Trinajstić information content (AvgIpc) is 2.15. The molecule has 94 valence electrons. The number of nitrogens with one attached hydrogen (secondary N) is 1. The van der Waals surface area contributed by atoms with Gasteiger partial charge in [-0.1, -0.05) is 29.8 Å². The summed E-state index contributed by atoms with van der Waals surface area (Å²) in [4.78, 5) is 11.1. The van der Waals surface area contributed by atoms with E-state index in [0.717, 1.165) is 10.9 Å². The topological polar surface area (TPSA) is 49.3 Å². The van der Waals surface area contributed by atoms with Crippen LogP contribution >= 0.6 is 15.9 Å². The highest BCUT2D eigenvalue weighted by atomic mass is 79.9. The van der Waals surface area contributed by atoms with Gasteiger partial charge in [0.25, 0.3) is 0 Å². The minimum absolute atomic E-state index is 0.252. The normalized spacial score (nSPS) is 12.5. The number of anilines is 1. The summed E-state index contributed by atoms with van der Waals surface area (Å²) in [6, 6.07) is 5.40. The summed E-state index contributed by atoms with van der Waals surface area (Å²) in [6.45, 7) is 6.36. The molecule has 0 aliphatic rings. The minimum atomic E-state index is -0.906. The fraction of sp³-hybridized carbons (Fsp3) is 0.462. The third-order valence-electron chi connectivity index (χ3n) is 2.44. The first-order chi connectivity index (χ1) is 7.90. The first-order valence-corrected chi connectivity index (χ1v) is 6.48. The summed E-state index contributed by atoms with van der Waals surface area (Å²) in [6.07, 6.45) is 1.01. The van der Waals surface area contributed by atoms with Gasteiger partial charge in [0.15, 0.2) is 0 Å². The molecule has 0 saturated heterocycles. The number of carboxylic acids is 1. The standard InChI is InChI=1S/C13H18BrNO2/c1-8(2)6-9(3)15-12-7-10(14)4-5-11(12)13(16)17/h4-5,7-9,15H,6H2,1-3H3,(H,16,17). The first kappa shape index (κ1) is 14.0. The molecule has 1 aromatic rings. The van der Waals surface area contributed by atoms with E-state index in [1.807, 2.05) is 0 Å². The molecule has 0 bridgehead atoms. The summed E-state index contributed by atoms with van der Waals surface area (Å²) in [5.41, 5.74) is 0.976. The van der Waals surface area contributed by atoms with Crippen LogP contribution in [0.3, 0.4) is 0 Å². The van der Waals surface area contributed by atoms with E-state index in [2.05, 4.69) is 42.0 Å². The van der Waals surface area contributed by atoms with E-state index in [1.54, 1.807) is 18.2 Å². The van der Waals surface area contributed by atoms with Crippen LogP contribution in [0.1, 0.15) is 37.6 Å². The fourth-order valence-corrected chi connectivity index (χ4v) is 2.21. The van der Waals surface area contributed by atoms with Gasteiger partial charge >= 0.3 is 5.97 Å². The quantitative estimate of drug-likeness (QED) is 0.864. The van der Waals surface area contributed by atoms with E-state index in [9.17, 15) is 4.79 Å². The Balaban J connectivity index is 2.88. The van der Waals surface area contributed by atoms with Crippen LogP contribution in [0.5, 0.6) is 0 Å². The van der Waals surface area contributed by atoms with Gasteiger partial charge in [-0.2, -0.15) is 0 Å². The van der Waals surface area contributed by atoms with E-state index in [1.165, 1.54) is 0 Å². The van der Waals surface area contributed by atoms with Gasteiger partial charge in [0, 0.05) is 10.5 Å². The van der Waals surface area contributed by atoms with Crippen LogP contribution in [0, 0.1) is 5.92 Å². The van der Waals surface area contributed by atoms with Gasteiger partial charge < -0.3 is 10.4 Å². The predicted molar refractivity (Wildman–Crippen MR) is 73.6 cm³/mol. The molecule has 3 nitrogen and oxygen atoms in total. The largest absolute Gasteiger partial charge is 0.478 e. The van der Waals surface area contributed by atoms with Gasteiger partial charge in [-0.05, 0) is 37.5 Å². The zero-order chi connectivity index (χ0) is 13.0. The minimum Gasteiger partial charge on any atom is -0.478 e. The molecule has 0 saturated carbocycles. The van der Waals surface area contributed by atoms with Crippen LogP contribution in [0.25, 0.3) is 0 Å². The molecular weight excluding hydrogens is 282 g/mol. The van der Waals surface area contributed by atoms with E-state index in [-0.39, 0.29) is 6.04 Å². The van der Waals surface area contributed by atoms with Crippen molar-refractivity contribution in [2.45, 2.75) is 33.2 Å². The maximum atomic E-state index is 11.1. The Morgan fingerprint density at radius 3 is 2.59 bits per heavy atom. The number of hydrogen-bond acceptors (Lipinski definition) is 2. The lowest BCUT2D eigenvalue weighted by molar-refractivity contribution is 0.0698. The molecule has 0 radical (unpaired) electrons. The number of carbonyl (C=O) groups is 1. The van der Waals surface area contributed by atoms with Crippen LogP contribution in [0.4, 0.5) is 5.69 Å². The number of benzene rings is 1. The fourth-order valence-electron chi connectivity index (χ4n) is 1.85. The van der Waals surface area contributed by atoms with Crippen molar-refractivity contribution in [3.05, 3.63) is 28.2 Å². The predicted octanol–water partition coefficient (Wildman–Crippen LogP) is 3.99. The Bertz CT molecular complexity index is 404. The SMILES string of the molecule is CC(C)CC(C)Nc1cc(Br)ccc1C(=O)O. The average molecular weight is 300 g/mol. The van der Waals surface area contributed by atoms with Crippen molar-refractivity contribution in [2.24, 2.45) is 5.92 Å². The Hall–Kier alpha value is -1.03. The van der Waals surface area contributed by atoms with Crippen molar-refractivity contribution >= 4 is 27.6 Å². The second-order valence-corrected chi connectivity index (χ2v) is 5.59. The summed E-state index contributed by atoms with van der Waals surface area (Å²) >= 11 is 3.35. The number of aromatic carboxylic acids is 1. The van der Waals surface area contributed by atoms with Gasteiger partial charge in [0.05, 0.1) is 11.3 Å². The van der Waals surface area contributed by atoms with Crippen LogP contribution in [0.2, 0.25) is 0 Å². The summed E-state index contributed by atoms with van der Waals surface area (Å²) in [7, 11) is 0. The molecule has 17 heavy (non-hydrogen) atoms. The van der Waals surface area contributed by atoms with Gasteiger partial charge in [-0.25, -0.2) is 4.79 Å². The van der Waals surface area contributed by atoms with Crippen LogP contribution in [0.15, 0.2) is 22.7 Å². The van der Waals surface area contributed by atoms with Crippen LogP contribution < -0.4 is 5.32 Å². The van der Waals surface area contributed by atoms with Gasteiger partial charge in [-0.15, -0.1) is 0 Å². The molecule has 0 aliphatic heterocycles. The van der Waals surface area contributed by atoms with Gasteiger partial charge in [-0.3, -0.25) is 0 Å². The Kier molecular flexibility index (Phi) is 5.00. The molecule has 4 heteroatoms. The summed E-state index contributed by atoms with van der Waals surface area (Å²) in [5.74, 6) is -0.324. The third kappa shape index (κ3) is 4.38. The van der Waals surface area contributed by atoms with E-state index < -0.39 is 5.97 Å². The third-order valence-corrected chi connectivity index (χ3v) is 2.93. The number of carboxylic acid groups (broad SMARTS) is 1. The highest BCUT2D eigenvalue weighted by molar-refractivity contribution is 9.10. The highest BCUT2D eigenvalue weighted by Gasteiger charge is 2.13. The Morgan fingerprint density at radius 1 is 1.41 bits per heavy atom. The summed E-state index contributed by atoms with van der Waals surface area (Å²) < 4.78 is 0.877. The monoisotopic (exact) mass is 299 g/mol. The second kappa shape index (κ2) is 6.05. The van der Waals surface area contributed by atoms with Gasteiger partial charge in [0.2, 0.25) is 0 Å². The molecule has 1 aromatic carbocycles. The Labute approximate surface area is 110 Å². The first-order valence-electron chi connectivity index (χ1n) is 5.69. The zero-order valence-corrected chi connectivity index (χ0v) is 11.9. The van der Waals surface area contributed by atoms with E-state index in [0.29, 0.717) is 17.2 Å². The molecule has 0 amide bonds. The molecule has 0 heterocycles. The van der Waals surface area contributed by atoms with Gasteiger partial charge in [0.1, 0.15) is 0 Å². The molecule has 0 fully saturated rings. The maximum absolute atomic E-state index is 11.1. The van der Waals surface area contributed by atoms with Crippen LogP contribution in [-0.2, 0) is 0 Å². The molecular formula is C13H18BrNO2. The summed E-state index contributed by atoms with van der Waals surface area (Å²) in [5, 5.41) is 12.3. The molecule has 0 spiro atoms. The van der Waals surface area contributed by atoms with Crippen molar-refractivity contribution in [2.75, 3.05) is 5.32 Å². The smallest absolute Gasteiger partial charge is 0.337 e. The van der Waals surface area contributed by atoms with E-state index in [4.69, 9.17) is 5.11 Å². The molecule has 1 atom stereocenters. The highest BCUT2D eigenvalue weighted by Crippen LogP contribution is 2.23. The number of rotatable bonds is 5. The van der Waals surface area contributed by atoms with Crippen molar-refractivity contribution in [1.82, 2.24) is 0 Å². The zero-order valence-electron chi connectivity index (χ0n) is 10.3. The molecule has 0 aliphatic carbocycles. The number of hydrogen-bond donors (Lipinski definition) is 2. The number of halogens is 1. The lowest BCUT2D eigenvalue weighted by atomic mass is 10.0. The molecule has 2 N–H and O–H groups in total. The van der Waals surface area contributed by atoms with Crippen molar-refractivity contribution in [1.29, 1.82) is 0 Å². The van der Waals surface area contributed by atoms with Crippen molar-refractivity contribution < 1.29 is 9.90 Å². The maximum Gasteiger partial charge on any atom is 0.337 e. The van der Waals surface area contributed by atoms with E-state index >= 15 is 0 Å². The molecule has 1 rings (SSSR count). The lowest BCUT2D eigenvalue weighted by Crippen LogP contribution is -2.19. The van der Waals surface area contributed by atoms with Crippen molar-refractivity contribution in [3.63, 3.8) is 0 Å². The molecule has 1 unspecified atom stereocenters.